The minimum absolute atomic E-state index is 0.0142. The topological polar surface area (TPSA) is 70.8 Å². The molecule has 1 saturated heterocycles. The first-order valence-electron chi connectivity index (χ1n) is 8.81. The van der Waals surface area contributed by atoms with Crippen molar-refractivity contribution in [2.45, 2.75) is 44.6 Å². The van der Waals surface area contributed by atoms with E-state index in [1.54, 1.807) is 24.5 Å². The summed E-state index contributed by atoms with van der Waals surface area (Å²) in [5.74, 6) is -0.0593. The number of nitrogens with zero attached hydrogens (tertiary/aromatic N) is 1. The maximum atomic E-state index is 12.8. The van der Waals surface area contributed by atoms with Crippen molar-refractivity contribution < 1.29 is 19.1 Å². The summed E-state index contributed by atoms with van der Waals surface area (Å²) >= 11 is 0. The highest BCUT2D eigenvalue weighted by molar-refractivity contribution is 5.89. The first-order chi connectivity index (χ1) is 12.2. The first kappa shape index (κ1) is 17.3. The average molecular weight is 341 g/mol. The first-order valence-corrected chi connectivity index (χ1v) is 8.81. The lowest BCUT2D eigenvalue weighted by molar-refractivity contribution is -0.134. The maximum absolute atomic E-state index is 12.8. The summed E-state index contributed by atoms with van der Waals surface area (Å²) in [6, 6.07) is 10.6. The van der Waals surface area contributed by atoms with Gasteiger partial charge in [0.1, 0.15) is 5.76 Å². The second-order valence-electron chi connectivity index (χ2n) is 6.43. The molecule has 0 saturated carbocycles. The fourth-order valence-electron chi connectivity index (χ4n) is 3.52. The summed E-state index contributed by atoms with van der Waals surface area (Å²) < 4.78 is 5.55. The van der Waals surface area contributed by atoms with Crippen molar-refractivity contribution in [2.75, 3.05) is 6.54 Å². The van der Waals surface area contributed by atoms with Gasteiger partial charge in [-0.15, -0.1) is 0 Å². The van der Waals surface area contributed by atoms with Gasteiger partial charge in [-0.05, 0) is 43.0 Å². The van der Waals surface area contributed by atoms with E-state index in [1.165, 1.54) is 0 Å². The second kappa shape index (κ2) is 8.01. The molecule has 5 heteroatoms. The number of aromatic carboxylic acids is 1. The van der Waals surface area contributed by atoms with E-state index in [4.69, 9.17) is 4.42 Å². The Labute approximate surface area is 147 Å². The predicted molar refractivity (Wildman–Crippen MR) is 93.4 cm³/mol. The molecule has 1 atom stereocenters. The number of hydrogen-bond donors (Lipinski definition) is 1. The molecule has 1 aromatic carbocycles. The standard InChI is InChI=1S/C20H23NO4/c22-19(12-11-15-7-3-4-8-16(15)20(23)24)21-13-5-1-2-9-17(21)18-10-6-14-25-18/h3-4,6-8,10,14,17H,1-2,5,9,11-13H2,(H,23,24)/t17-/m1/s1. The predicted octanol–water partition coefficient (Wildman–Crippen LogP) is 4.05. The smallest absolute Gasteiger partial charge is 0.335 e. The van der Waals surface area contributed by atoms with Crippen LogP contribution in [0.3, 0.4) is 0 Å². The summed E-state index contributed by atoms with van der Waals surface area (Å²) in [5.41, 5.74) is 0.974. The van der Waals surface area contributed by atoms with Gasteiger partial charge in [0.2, 0.25) is 5.91 Å². The van der Waals surface area contributed by atoms with Crippen LogP contribution in [0.5, 0.6) is 0 Å². The Morgan fingerprint density at radius 1 is 1.12 bits per heavy atom. The van der Waals surface area contributed by atoms with Crippen LogP contribution in [0.25, 0.3) is 0 Å². The van der Waals surface area contributed by atoms with Crippen molar-refractivity contribution in [3.8, 4) is 0 Å². The fourth-order valence-corrected chi connectivity index (χ4v) is 3.52. The molecule has 5 nitrogen and oxygen atoms in total. The molecule has 1 amide bonds. The minimum Gasteiger partial charge on any atom is -0.478 e. The molecule has 0 unspecified atom stereocenters. The lowest BCUT2D eigenvalue weighted by Crippen LogP contribution is -2.34. The van der Waals surface area contributed by atoms with Crippen LogP contribution in [0.1, 0.15) is 59.8 Å². The van der Waals surface area contributed by atoms with E-state index in [2.05, 4.69) is 0 Å². The molecule has 1 aliphatic rings. The highest BCUT2D eigenvalue weighted by atomic mass is 16.4. The van der Waals surface area contributed by atoms with Crippen LogP contribution in [0.15, 0.2) is 47.1 Å². The van der Waals surface area contributed by atoms with Crippen molar-refractivity contribution in [3.63, 3.8) is 0 Å². The number of benzene rings is 1. The molecule has 1 aliphatic heterocycles. The maximum Gasteiger partial charge on any atom is 0.335 e. The van der Waals surface area contributed by atoms with Crippen LogP contribution < -0.4 is 0 Å². The molecule has 2 aromatic rings. The van der Waals surface area contributed by atoms with Gasteiger partial charge in [-0.25, -0.2) is 4.79 Å². The number of carbonyl (C=O) groups is 2. The van der Waals surface area contributed by atoms with Crippen molar-refractivity contribution in [2.24, 2.45) is 0 Å². The zero-order chi connectivity index (χ0) is 17.6. The van der Waals surface area contributed by atoms with Crippen molar-refractivity contribution in [1.82, 2.24) is 4.90 Å². The largest absolute Gasteiger partial charge is 0.478 e. The van der Waals surface area contributed by atoms with Crippen LogP contribution >= 0.6 is 0 Å². The molecule has 0 aliphatic carbocycles. The summed E-state index contributed by atoms with van der Waals surface area (Å²) in [4.78, 5) is 26.1. The van der Waals surface area contributed by atoms with Gasteiger partial charge >= 0.3 is 5.97 Å². The minimum atomic E-state index is -0.953. The van der Waals surface area contributed by atoms with Gasteiger partial charge in [-0.1, -0.05) is 31.0 Å². The number of aryl methyl sites for hydroxylation is 1. The van der Waals surface area contributed by atoms with Gasteiger partial charge in [0, 0.05) is 13.0 Å². The lowest BCUT2D eigenvalue weighted by Gasteiger charge is -2.29. The molecule has 1 N–H and O–H groups in total. The number of hydrogen-bond acceptors (Lipinski definition) is 3. The molecule has 25 heavy (non-hydrogen) atoms. The van der Waals surface area contributed by atoms with Gasteiger partial charge in [-0.3, -0.25) is 4.79 Å². The van der Waals surface area contributed by atoms with Gasteiger partial charge in [0.05, 0.1) is 17.9 Å². The van der Waals surface area contributed by atoms with E-state index in [0.717, 1.165) is 38.0 Å². The van der Waals surface area contributed by atoms with E-state index in [9.17, 15) is 14.7 Å². The number of carboxylic acids is 1. The van der Waals surface area contributed by atoms with Gasteiger partial charge < -0.3 is 14.4 Å². The molecule has 0 spiro atoms. The van der Waals surface area contributed by atoms with Crippen molar-refractivity contribution in [3.05, 3.63) is 59.5 Å². The fraction of sp³-hybridized carbons (Fsp3) is 0.400. The molecule has 2 heterocycles. The molecule has 0 bridgehead atoms. The molecule has 132 valence electrons. The Morgan fingerprint density at radius 2 is 1.96 bits per heavy atom. The third kappa shape index (κ3) is 4.10. The van der Waals surface area contributed by atoms with Crippen LogP contribution in [0.4, 0.5) is 0 Å². The summed E-state index contributed by atoms with van der Waals surface area (Å²) in [6.45, 7) is 0.727. The average Bonchev–Trinajstić information content (AvgIpc) is 3.04. The van der Waals surface area contributed by atoms with Crippen molar-refractivity contribution >= 4 is 11.9 Å². The monoisotopic (exact) mass is 341 g/mol. The van der Waals surface area contributed by atoms with Gasteiger partial charge in [0.15, 0.2) is 0 Å². The van der Waals surface area contributed by atoms with Crippen LogP contribution in [0, 0.1) is 0 Å². The lowest BCUT2D eigenvalue weighted by atomic mass is 10.0. The third-order valence-electron chi connectivity index (χ3n) is 4.80. The van der Waals surface area contributed by atoms with Crippen molar-refractivity contribution in [1.29, 1.82) is 0 Å². The number of furan rings is 1. The Balaban J connectivity index is 1.72. The third-order valence-corrected chi connectivity index (χ3v) is 4.80. The Bertz CT molecular complexity index is 723. The van der Waals surface area contributed by atoms with E-state index < -0.39 is 5.97 Å². The van der Waals surface area contributed by atoms with Gasteiger partial charge in [0.25, 0.3) is 0 Å². The Kier molecular flexibility index (Phi) is 5.53. The molecule has 1 aromatic heterocycles. The number of carboxylic acid groups (broad SMARTS) is 1. The summed E-state index contributed by atoms with van der Waals surface area (Å²) in [6.07, 6.45) is 6.48. The number of rotatable bonds is 5. The Morgan fingerprint density at radius 3 is 2.72 bits per heavy atom. The molecular weight excluding hydrogens is 318 g/mol. The van der Waals surface area contributed by atoms with E-state index in [1.807, 2.05) is 23.1 Å². The zero-order valence-corrected chi connectivity index (χ0v) is 14.2. The van der Waals surface area contributed by atoms with E-state index in [-0.39, 0.29) is 17.5 Å². The highest BCUT2D eigenvalue weighted by Crippen LogP contribution is 2.31. The summed E-state index contributed by atoms with van der Waals surface area (Å²) in [5, 5.41) is 9.28. The molecule has 0 radical (unpaired) electrons. The molecule has 1 fully saturated rings. The molecule has 3 rings (SSSR count). The summed E-state index contributed by atoms with van der Waals surface area (Å²) in [7, 11) is 0. The number of likely N-dealkylation sites (tertiary alicyclic amines) is 1. The highest BCUT2D eigenvalue weighted by Gasteiger charge is 2.28. The number of amides is 1. The Hall–Kier alpha value is -2.56. The van der Waals surface area contributed by atoms with E-state index >= 15 is 0 Å². The van der Waals surface area contributed by atoms with Crippen LogP contribution in [-0.2, 0) is 11.2 Å². The number of carbonyl (C=O) groups excluding carboxylic acids is 1. The van der Waals surface area contributed by atoms with Gasteiger partial charge in [-0.2, -0.15) is 0 Å². The van der Waals surface area contributed by atoms with Crippen LogP contribution in [-0.4, -0.2) is 28.4 Å². The van der Waals surface area contributed by atoms with Crippen LogP contribution in [0.2, 0.25) is 0 Å². The van der Waals surface area contributed by atoms with E-state index in [0.29, 0.717) is 18.4 Å². The SMILES string of the molecule is O=C(O)c1ccccc1CCC(=O)N1CCCCC[C@@H]1c1ccco1. The normalized spacial score (nSPS) is 17.9. The second-order valence-corrected chi connectivity index (χ2v) is 6.43. The molecular formula is C20H23NO4. The zero-order valence-electron chi connectivity index (χ0n) is 14.2. The quantitative estimate of drug-likeness (QED) is 0.890.